The number of nitrogens with zero attached hydrogens (tertiary/aromatic N) is 2. The molecule has 1 fully saturated rings. The number of pyridine rings is 1. The number of benzene rings is 1. The quantitative estimate of drug-likeness (QED) is 0.904. The summed E-state index contributed by atoms with van der Waals surface area (Å²) in [5, 5.41) is 3.29. The molecule has 134 valence electrons. The fourth-order valence-corrected chi connectivity index (χ4v) is 2.85. The Labute approximate surface area is 152 Å². The molecule has 1 aromatic heterocycles. The van der Waals surface area contributed by atoms with Gasteiger partial charge in [0.2, 0.25) is 0 Å². The highest BCUT2D eigenvalue weighted by atomic mass is 35.5. The standard InChI is InChI=1S/C18H20FN3O2.ClH/c1-13(24-17-7-3-2-6-15(17)19)18(23)22-10-9-21-12-16(22)14-5-4-8-20-11-14;/h2-8,11,13,16,21H,9-10,12H2,1H3;1H. The highest BCUT2D eigenvalue weighted by molar-refractivity contribution is 5.85. The number of hydrogen-bond donors (Lipinski definition) is 1. The van der Waals surface area contributed by atoms with Crippen molar-refractivity contribution in [2.75, 3.05) is 19.6 Å². The number of para-hydroxylation sites is 1. The minimum atomic E-state index is -0.765. The van der Waals surface area contributed by atoms with Crippen molar-refractivity contribution in [3.05, 3.63) is 60.2 Å². The molecule has 0 spiro atoms. The maximum absolute atomic E-state index is 13.7. The molecule has 1 saturated heterocycles. The molecule has 0 aliphatic carbocycles. The van der Waals surface area contributed by atoms with Gasteiger partial charge in [0.15, 0.2) is 17.7 Å². The molecule has 1 N–H and O–H groups in total. The number of piperazine rings is 1. The van der Waals surface area contributed by atoms with Crippen LogP contribution in [0, 0.1) is 5.82 Å². The number of rotatable bonds is 4. The van der Waals surface area contributed by atoms with E-state index < -0.39 is 11.9 Å². The number of carbonyl (C=O) groups is 1. The van der Waals surface area contributed by atoms with Gasteiger partial charge in [0, 0.05) is 32.0 Å². The average molecular weight is 366 g/mol. The molecule has 1 aliphatic heterocycles. The van der Waals surface area contributed by atoms with Gasteiger partial charge in [-0.25, -0.2) is 4.39 Å². The number of hydrogen-bond acceptors (Lipinski definition) is 4. The van der Waals surface area contributed by atoms with E-state index in [2.05, 4.69) is 10.3 Å². The zero-order chi connectivity index (χ0) is 16.9. The van der Waals surface area contributed by atoms with Gasteiger partial charge in [0.05, 0.1) is 6.04 Å². The van der Waals surface area contributed by atoms with Crippen LogP contribution >= 0.6 is 12.4 Å². The van der Waals surface area contributed by atoms with Crippen molar-refractivity contribution in [3.63, 3.8) is 0 Å². The molecule has 2 atom stereocenters. The van der Waals surface area contributed by atoms with Gasteiger partial charge < -0.3 is 15.0 Å². The third-order valence-corrected chi connectivity index (χ3v) is 4.08. The molecule has 0 radical (unpaired) electrons. The molecule has 1 aromatic carbocycles. The second-order valence-corrected chi connectivity index (χ2v) is 5.73. The molecule has 2 unspecified atom stereocenters. The van der Waals surface area contributed by atoms with Crippen molar-refractivity contribution >= 4 is 18.3 Å². The van der Waals surface area contributed by atoms with Gasteiger partial charge in [-0.2, -0.15) is 0 Å². The molecular weight excluding hydrogens is 345 g/mol. The van der Waals surface area contributed by atoms with Gasteiger partial charge in [-0.3, -0.25) is 9.78 Å². The fourth-order valence-electron chi connectivity index (χ4n) is 2.85. The molecule has 0 saturated carbocycles. The van der Waals surface area contributed by atoms with Gasteiger partial charge >= 0.3 is 0 Å². The van der Waals surface area contributed by atoms with Crippen LogP contribution in [0.3, 0.4) is 0 Å². The Kier molecular flexibility index (Phi) is 6.73. The summed E-state index contributed by atoms with van der Waals surface area (Å²) >= 11 is 0. The van der Waals surface area contributed by atoms with E-state index in [-0.39, 0.29) is 30.1 Å². The van der Waals surface area contributed by atoms with Crippen LogP contribution in [0.15, 0.2) is 48.8 Å². The first-order valence-electron chi connectivity index (χ1n) is 7.99. The van der Waals surface area contributed by atoms with Gasteiger partial charge in [-0.15, -0.1) is 12.4 Å². The summed E-state index contributed by atoms with van der Waals surface area (Å²) in [7, 11) is 0. The summed E-state index contributed by atoms with van der Waals surface area (Å²) in [5.41, 5.74) is 0.969. The van der Waals surface area contributed by atoms with E-state index in [1.807, 2.05) is 12.1 Å². The predicted molar refractivity (Wildman–Crippen MR) is 95.3 cm³/mol. The van der Waals surface area contributed by atoms with Crippen LogP contribution in [-0.2, 0) is 4.79 Å². The highest BCUT2D eigenvalue weighted by Crippen LogP contribution is 2.24. The number of nitrogens with one attached hydrogen (secondary N) is 1. The Balaban J connectivity index is 0.00000225. The van der Waals surface area contributed by atoms with Gasteiger partial charge in [-0.05, 0) is 30.7 Å². The van der Waals surface area contributed by atoms with E-state index >= 15 is 0 Å². The molecule has 0 bridgehead atoms. The lowest BCUT2D eigenvalue weighted by atomic mass is 10.0. The number of ether oxygens (including phenoxy) is 1. The van der Waals surface area contributed by atoms with Crippen molar-refractivity contribution < 1.29 is 13.9 Å². The van der Waals surface area contributed by atoms with Crippen LogP contribution in [-0.4, -0.2) is 41.5 Å². The van der Waals surface area contributed by atoms with Crippen molar-refractivity contribution in [3.8, 4) is 5.75 Å². The first-order valence-corrected chi connectivity index (χ1v) is 7.99. The Bertz CT molecular complexity index is 702. The third-order valence-electron chi connectivity index (χ3n) is 4.08. The first kappa shape index (κ1) is 19.1. The molecule has 5 nitrogen and oxygen atoms in total. The van der Waals surface area contributed by atoms with Crippen LogP contribution in [0.2, 0.25) is 0 Å². The maximum atomic E-state index is 13.7. The normalized spacial score (nSPS) is 18.2. The largest absolute Gasteiger partial charge is 0.478 e. The molecule has 1 amide bonds. The summed E-state index contributed by atoms with van der Waals surface area (Å²) in [6.45, 7) is 3.60. The van der Waals surface area contributed by atoms with Gasteiger partial charge in [0.25, 0.3) is 5.91 Å². The minimum Gasteiger partial charge on any atom is -0.478 e. The maximum Gasteiger partial charge on any atom is 0.263 e. The second-order valence-electron chi connectivity index (χ2n) is 5.73. The molecule has 1 aliphatic rings. The number of aromatic nitrogens is 1. The summed E-state index contributed by atoms with van der Waals surface area (Å²) in [6, 6.07) is 9.80. The Morgan fingerprint density at radius 1 is 1.36 bits per heavy atom. The SMILES string of the molecule is CC(Oc1ccccc1F)C(=O)N1CCNCC1c1cccnc1.Cl. The van der Waals surface area contributed by atoms with Crippen LogP contribution in [0.5, 0.6) is 5.75 Å². The lowest BCUT2D eigenvalue weighted by molar-refractivity contribution is -0.141. The van der Waals surface area contributed by atoms with Crippen molar-refractivity contribution in [2.45, 2.75) is 19.1 Å². The average Bonchev–Trinajstić information content (AvgIpc) is 2.63. The number of carbonyl (C=O) groups excluding carboxylic acids is 1. The van der Waals surface area contributed by atoms with Crippen LogP contribution in [0.25, 0.3) is 0 Å². The lowest BCUT2D eigenvalue weighted by Gasteiger charge is -2.37. The van der Waals surface area contributed by atoms with Crippen molar-refractivity contribution in [1.29, 1.82) is 0 Å². The Hall–Kier alpha value is -2.18. The predicted octanol–water partition coefficient (Wildman–Crippen LogP) is 2.58. The summed E-state index contributed by atoms with van der Waals surface area (Å²) in [6.07, 6.45) is 2.70. The van der Waals surface area contributed by atoms with Crippen LogP contribution < -0.4 is 10.1 Å². The van der Waals surface area contributed by atoms with Crippen molar-refractivity contribution in [1.82, 2.24) is 15.2 Å². The molecular formula is C18H21ClFN3O2. The molecule has 3 rings (SSSR count). The highest BCUT2D eigenvalue weighted by Gasteiger charge is 2.31. The number of amides is 1. The molecule has 7 heteroatoms. The molecule has 2 heterocycles. The van der Waals surface area contributed by atoms with E-state index in [4.69, 9.17) is 4.74 Å². The molecule has 25 heavy (non-hydrogen) atoms. The fraction of sp³-hybridized carbons (Fsp3) is 0.333. The number of halogens is 2. The van der Waals surface area contributed by atoms with Crippen LogP contribution in [0.1, 0.15) is 18.5 Å². The zero-order valence-corrected chi connectivity index (χ0v) is 14.7. The molecule has 2 aromatic rings. The first-order chi connectivity index (χ1) is 11.7. The zero-order valence-electron chi connectivity index (χ0n) is 13.9. The van der Waals surface area contributed by atoms with Crippen molar-refractivity contribution in [2.24, 2.45) is 0 Å². The van der Waals surface area contributed by atoms with E-state index in [1.165, 1.54) is 12.1 Å². The Morgan fingerprint density at radius 3 is 2.88 bits per heavy atom. The second kappa shape index (κ2) is 8.78. The van der Waals surface area contributed by atoms with Crippen LogP contribution in [0.4, 0.5) is 4.39 Å². The van der Waals surface area contributed by atoms with E-state index in [9.17, 15) is 9.18 Å². The summed E-state index contributed by atoms with van der Waals surface area (Å²) in [5.74, 6) is -0.540. The van der Waals surface area contributed by atoms with E-state index in [0.29, 0.717) is 13.1 Å². The summed E-state index contributed by atoms with van der Waals surface area (Å²) in [4.78, 5) is 18.7. The van der Waals surface area contributed by atoms with Gasteiger partial charge in [-0.1, -0.05) is 18.2 Å². The smallest absolute Gasteiger partial charge is 0.263 e. The minimum absolute atomic E-state index is 0. The summed E-state index contributed by atoms with van der Waals surface area (Å²) < 4.78 is 19.3. The van der Waals surface area contributed by atoms with E-state index in [1.54, 1.807) is 36.4 Å². The lowest BCUT2D eigenvalue weighted by Crippen LogP contribution is -2.52. The van der Waals surface area contributed by atoms with Gasteiger partial charge in [0.1, 0.15) is 0 Å². The van der Waals surface area contributed by atoms with E-state index in [0.717, 1.165) is 12.1 Å². The third kappa shape index (κ3) is 4.46. The monoisotopic (exact) mass is 365 g/mol. The topological polar surface area (TPSA) is 54.5 Å². The Morgan fingerprint density at radius 2 is 2.16 bits per heavy atom.